The number of alkyl halides is 3. The summed E-state index contributed by atoms with van der Waals surface area (Å²) in [5.74, 6) is -0.211. The van der Waals surface area contributed by atoms with Crippen LogP contribution in [0.15, 0.2) is 18.2 Å². The zero-order chi connectivity index (χ0) is 15.3. The van der Waals surface area contributed by atoms with Crippen molar-refractivity contribution in [1.29, 1.82) is 5.26 Å². The highest BCUT2D eigenvalue weighted by atomic mass is 19.4. The largest absolute Gasteiger partial charge is 0.493 e. The first-order chi connectivity index (χ1) is 10.0. The SMILES string of the molecule is N#Cc1ccc(OCCC2CCCCN2)c(C(F)(F)F)c1. The summed E-state index contributed by atoms with van der Waals surface area (Å²) in [6, 6.07) is 5.40. The van der Waals surface area contributed by atoms with E-state index >= 15 is 0 Å². The van der Waals surface area contributed by atoms with Gasteiger partial charge in [0.25, 0.3) is 0 Å². The second-order valence-corrected chi connectivity index (χ2v) is 5.10. The van der Waals surface area contributed by atoms with Gasteiger partial charge in [0.05, 0.1) is 23.8 Å². The van der Waals surface area contributed by atoms with Crippen LogP contribution >= 0.6 is 0 Å². The van der Waals surface area contributed by atoms with Crippen molar-refractivity contribution in [2.45, 2.75) is 37.9 Å². The van der Waals surface area contributed by atoms with Gasteiger partial charge in [-0.05, 0) is 44.0 Å². The Balaban J connectivity index is 2.00. The maximum Gasteiger partial charge on any atom is 0.420 e. The fourth-order valence-corrected chi connectivity index (χ4v) is 2.43. The van der Waals surface area contributed by atoms with E-state index in [1.165, 1.54) is 12.1 Å². The molecule has 0 bridgehead atoms. The lowest BCUT2D eigenvalue weighted by molar-refractivity contribution is -0.139. The van der Waals surface area contributed by atoms with Gasteiger partial charge in [-0.3, -0.25) is 0 Å². The predicted octanol–water partition coefficient (Wildman–Crippen LogP) is 3.49. The van der Waals surface area contributed by atoms with Gasteiger partial charge in [0.2, 0.25) is 0 Å². The first kappa shape index (κ1) is 15.6. The molecule has 6 heteroatoms. The summed E-state index contributed by atoms with van der Waals surface area (Å²) in [5.41, 5.74) is -0.915. The van der Waals surface area contributed by atoms with Gasteiger partial charge in [0.1, 0.15) is 5.75 Å². The van der Waals surface area contributed by atoms with Crippen LogP contribution in [0.2, 0.25) is 0 Å². The number of nitriles is 1. The minimum absolute atomic E-state index is 0.0244. The summed E-state index contributed by atoms with van der Waals surface area (Å²) in [6.07, 6.45) is -0.529. The molecular formula is C15H17F3N2O. The molecule has 1 heterocycles. The average molecular weight is 298 g/mol. The summed E-state index contributed by atoms with van der Waals surface area (Å²) in [6.45, 7) is 1.18. The number of hydrogen-bond donors (Lipinski definition) is 1. The molecule has 1 aliphatic rings. The third kappa shape index (κ3) is 4.36. The van der Waals surface area contributed by atoms with E-state index in [1.54, 1.807) is 6.07 Å². The Bertz CT molecular complexity index is 517. The highest BCUT2D eigenvalue weighted by Gasteiger charge is 2.34. The van der Waals surface area contributed by atoms with Crippen molar-refractivity contribution < 1.29 is 17.9 Å². The van der Waals surface area contributed by atoms with Crippen LogP contribution in [-0.2, 0) is 6.18 Å². The normalized spacial score (nSPS) is 19.0. The number of halogens is 3. The van der Waals surface area contributed by atoms with E-state index in [0.717, 1.165) is 31.9 Å². The number of hydrogen-bond acceptors (Lipinski definition) is 3. The summed E-state index contributed by atoms with van der Waals surface area (Å²) < 4.78 is 44.1. The lowest BCUT2D eigenvalue weighted by Crippen LogP contribution is -2.35. The topological polar surface area (TPSA) is 45.0 Å². The molecule has 1 aromatic rings. The molecule has 0 spiro atoms. The molecule has 0 amide bonds. The van der Waals surface area contributed by atoms with Crippen LogP contribution in [0, 0.1) is 11.3 Å². The van der Waals surface area contributed by atoms with Crippen molar-refractivity contribution in [3.05, 3.63) is 29.3 Å². The lowest BCUT2D eigenvalue weighted by Gasteiger charge is -2.23. The predicted molar refractivity (Wildman–Crippen MR) is 71.9 cm³/mol. The standard InChI is InChI=1S/C15H17F3N2O/c16-15(17,18)13-9-11(10-19)4-5-14(13)21-8-6-12-3-1-2-7-20-12/h4-5,9,12,20H,1-3,6-8H2. The highest BCUT2D eigenvalue weighted by Crippen LogP contribution is 2.36. The van der Waals surface area contributed by atoms with Crippen LogP contribution in [0.4, 0.5) is 13.2 Å². The van der Waals surface area contributed by atoms with Gasteiger partial charge in [-0.15, -0.1) is 0 Å². The summed E-state index contributed by atoms with van der Waals surface area (Å²) >= 11 is 0. The van der Waals surface area contributed by atoms with Crippen molar-refractivity contribution in [3.63, 3.8) is 0 Å². The van der Waals surface area contributed by atoms with Gasteiger partial charge in [-0.25, -0.2) is 0 Å². The Kier molecular flexibility index (Phi) is 5.07. The van der Waals surface area contributed by atoms with Crippen molar-refractivity contribution in [2.24, 2.45) is 0 Å². The Labute approximate surface area is 121 Å². The molecule has 0 aliphatic carbocycles. The third-order valence-corrected chi connectivity index (χ3v) is 3.55. The third-order valence-electron chi connectivity index (χ3n) is 3.55. The van der Waals surface area contributed by atoms with E-state index in [2.05, 4.69) is 5.32 Å². The van der Waals surface area contributed by atoms with Crippen LogP contribution in [-0.4, -0.2) is 19.2 Å². The second kappa shape index (κ2) is 6.81. The maximum atomic E-state index is 12.9. The van der Waals surface area contributed by atoms with Crippen LogP contribution in [0.25, 0.3) is 0 Å². The molecule has 0 radical (unpaired) electrons. The Morgan fingerprint density at radius 1 is 1.33 bits per heavy atom. The van der Waals surface area contributed by atoms with E-state index in [-0.39, 0.29) is 17.9 Å². The van der Waals surface area contributed by atoms with E-state index in [9.17, 15) is 13.2 Å². The number of rotatable bonds is 4. The molecule has 0 aromatic heterocycles. The molecule has 1 fully saturated rings. The minimum atomic E-state index is -4.52. The molecule has 1 unspecified atom stereocenters. The molecule has 1 atom stereocenters. The van der Waals surface area contributed by atoms with Crippen LogP contribution in [0.1, 0.15) is 36.8 Å². The van der Waals surface area contributed by atoms with Crippen molar-refractivity contribution >= 4 is 0 Å². The summed E-state index contributed by atoms with van der Waals surface area (Å²) in [4.78, 5) is 0. The van der Waals surface area contributed by atoms with E-state index in [0.29, 0.717) is 12.5 Å². The number of benzene rings is 1. The van der Waals surface area contributed by atoms with Gasteiger partial charge in [-0.2, -0.15) is 18.4 Å². The Morgan fingerprint density at radius 2 is 2.14 bits per heavy atom. The quantitative estimate of drug-likeness (QED) is 0.925. The molecule has 1 aliphatic heterocycles. The number of nitrogens with zero attached hydrogens (tertiary/aromatic N) is 1. The lowest BCUT2D eigenvalue weighted by atomic mass is 10.0. The summed E-state index contributed by atoms with van der Waals surface area (Å²) in [5, 5.41) is 12.0. The molecule has 21 heavy (non-hydrogen) atoms. The fraction of sp³-hybridized carbons (Fsp3) is 0.533. The van der Waals surface area contributed by atoms with Crippen molar-refractivity contribution in [2.75, 3.05) is 13.2 Å². The first-order valence-corrected chi connectivity index (χ1v) is 6.98. The molecule has 2 rings (SSSR count). The average Bonchev–Trinajstić information content (AvgIpc) is 2.47. The van der Waals surface area contributed by atoms with Gasteiger partial charge in [0.15, 0.2) is 0 Å². The Hall–Kier alpha value is -1.74. The monoisotopic (exact) mass is 298 g/mol. The molecule has 3 nitrogen and oxygen atoms in total. The van der Waals surface area contributed by atoms with Crippen molar-refractivity contribution in [1.82, 2.24) is 5.32 Å². The van der Waals surface area contributed by atoms with E-state index in [1.807, 2.05) is 0 Å². The second-order valence-electron chi connectivity index (χ2n) is 5.10. The molecule has 0 saturated carbocycles. The maximum absolute atomic E-state index is 12.9. The molecular weight excluding hydrogens is 281 g/mol. The van der Waals surface area contributed by atoms with Gasteiger partial charge < -0.3 is 10.1 Å². The number of nitrogens with one attached hydrogen (secondary N) is 1. The molecule has 1 saturated heterocycles. The number of ether oxygens (including phenoxy) is 1. The molecule has 1 N–H and O–H groups in total. The fourth-order valence-electron chi connectivity index (χ4n) is 2.43. The van der Waals surface area contributed by atoms with Crippen LogP contribution < -0.4 is 10.1 Å². The van der Waals surface area contributed by atoms with Gasteiger partial charge >= 0.3 is 6.18 Å². The Morgan fingerprint density at radius 3 is 2.76 bits per heavy atom. The van der Waals surface area contributed by atoms with E-state index < -0.39 is 11.7 Å². The minimum Gasteiger partial charge on any atom is -0.493 e. The summed E-state index contributed by atoms with van der Waals surface area (Å²) in [7, 11) is 0. The smallest absolute Gasteiger partial charge is 0.420 e. The van der Waals surface area contributed by atoms with Crippen LogP contribution in [0.3, 0.4) is 0 Å². The number of piperidine rings is 1. The van der Waals surface area contributed by atoms with Crippen LogP contribution in [0.5, 0.6) is 5.75 Å². The highest BCUT2D eigenvalue weighted by molar-refractivity contribution is 5.43. The zero-order valence-electron chi connectivity index (χ0n) is 11.5. The van der Waals surface area contributed by atoms with Crippen molar-refractivity contribution in [3.8, 4) is 11.8 Å². The van der Waals surface area contributed by atoms with Gasteiger partial charge in [0, 0.05) is 6.04 Å². The zero-order valence-corrected chi connectivity index (χ0v) is 11.5. The molecule has 1 aromatic carbocycles. The molecule has 114 valence electrons. The van der Waals surface area contributed by atoms with E-state index in [4.69, 9.17) is 10.00 Å². The first-order valence-electron chi connectivity index (χ1n) is 6.98. The van der Waals surface area contributed by atoms with Gasteiger partial charge in [-0.1, -0.05) is 6.42 Å².